The SMILES string of the molecule is CCOC(=O)CNC(=O)c1c(OCc2ccccc2)c2ccc(Oc3ccccc3)cc2c2ncnn12. The van der Waals surface area contributed by atoms with Gasteiger partial charge < -0.3 is 19.5 Å². The number of fused-ring (bicyclic) bond motifs is 3. The number of esters is 1. The van der Waals surface area contributed by atoms with Crippen molar-refractivity contribution in [3.8, 4) is 17.2 Å². The van der Waals surface area contributed by atoms with Gasteiger partial charge >= 0.3 is 5.97 Å². The number of nitrogens with one attached hydrogen (secondary N) is 1. The van der Waals surface area contributed by atoms with Crippen molar-refractivity contribution in [3.05, 3.63) is 96.4 Å². The summed E-state index contributed by atoms with van der Waals surface area (Å²) in [6.45, 7) is 1.85. The molecule has 0 saturated heterocycles. The number of amides is 1. The number of rotatable bonds is 9. The van der Waals surface area contributed by atoms with Crippen LogP contribution < -0.4 is 14.8 Å². The Morgan fingerprint density at radius 2 is 1.68 bits per heavy atom. The Labute approximate surface area is 212 Å². The summed E-state index contributed by atoms with van der Waals surface area (Å²) in [5, 5.41) is 8.24. The molecule has 3 aromatic carbocycles. The maximum Gasteiger partial charge on any atom is 0.325 e. The van der Waals surface area contributed by atoms with Crippen molar-refractivity contribution in [2.24, 2.45) is 0 Å². The molecule has 2 aromatic heterocycles. The lowest BCUT2D eigenvalue weighted by Gasteiger charge is -2.17. The van der Waals surface area contributed by atoms with Crippen LogP contribution in [0.25, 0.3) is 16.4 Å². The predicted octanol–water partition coefficient (Wildman–Crippen LogP) is 4.55. The van der Waals surface area contributed by atoms with E-state index in [2.05, 4.69) is 15.4 Å². The molecule has 0 aliphatic rings. The van der Waals surface area contributed by atoms with E-state index in [1.54, 1.807) is 13.0 Å². The quantitative estimate of drug-likeness (QED) is 0.299. The third kappa shape index (κ3) is 5.20. The lowest BCUT2D eigenvalue weighted by Crippen LogP contribution is -2.32. The smallest absolute Gasteiger partial charge is 0.325 e. The van der Waals surface area contributed by atoms with Gasteiger partial charge in [-0.2, -0.15) is 5.10 Å². The number of hydrogen-bond donors (Lipinski definition) is 1. The number of pyridine rings is 1. The molecule has 0 aliphatic heterocycles. The second-order valence-electron chi connectivity index (χ2n) is 8.06. The van der Waals surface area contributed by atoms with Gasteiger partial charge in [0.2, 0.25) is 0 Å². The van der Waals surface area contributed by atoms with Gasteiger partial charge in [-0.1, -0.05) is 48.5 Å². The van der Waals surface area contributed by atoms with Gasteiger partial charge in [0.15, 0.2) is 17.1 Å². The lowest BCUT2D eigenvalue weighted by atomic mass is 10.1. The van der Waals surface area contributed by atoms with Crippen molar-refractivity contribution >= 4 is 28.3 Å². The summed E-state index contributed by atoms with van der Waals surface area (Å²) in [6, 6.07) is 24.5. The molecule has 0 aliphatic carbocycles. The zero-order valence-electron chi connectivity index (χ0n) is 20.1. The monoisotopic (exact) mass is 496 g/mol. The number of benzene rings is 3. The topological polar surface area (TPSA) is 104 Å². The first-order valence-corrected chi connectivity index (χ1v) is 11.8. The lowest BCUT2D eigenvalue weighted by molar-refractivity contribution is -0.141. The Bertz CT molecular complexity index is 1550. The first-order chi connectivity index (χ1) is 18.1. The van der Waals surface area contributed by atoms with Gasteiger partial charge in [-0.3, -0.25) is 9.59 Å². The number of carbonyl (C=O) groups is 2. The molecule has 0 radical (unpaired) electrons. The summed E-state index contributed by atoms with van der Waals surface area (Å²) in [7, 11) is 0. The van der Waals surface area contributed by atoms with E-state index < -0.39 is 11.9 Å². The van der Waals surface area contributed by atoms with E-state index in [-0.39, 0.29) is 25.5 Å². The molecule has 37 heavy (non-hydrogen) atoms. The van der Waals surface area contributed by atoms with Crippen LogP contribution in [0.2, 0.25) is 0 Å². The van der Waals surface area contributed by atoms with Crippen LogP contribution in [-0.2, 0) is 16.1 Å². The fourth-order valence-electron chi connectivity index (χ4n) is 3.93. The molecule has 0 bridgehead atoms. The minimum absolute atomic E-state index is 0.122. The Kier molecular flexibility index (Phi) is 6.93. The summed E-state index contributed by atoms with van der Waals surface area (Å²) < 4.78 is 18.6. The van der Waals surface area contributed by atoms with Crippen molar-refractivity contribution in [1.82, 2.24) is 19.9 Å². The number of aromatic nitrogens is 3. The van der Waals surface area contributed by atoms with Gasteiger partial charge in [0.05, 0.1) is 6.61 Å². The molecule has 2 heterocycles. The summed E-state index contributed by atoms with van der Waals surface area (Å²) in [6.07, 6.45) is 1.36. The molecule has 0 spiro atoms. The van der Waals surface area contributed by atoms with Gasteiger partial charge in [0.25, 0.3) is 5.91 Å². The fourth-order valence-corrected chi connectivity index (χ4v) is 3.93. The Morgan fingerprint density at radius 3 is 2.43 bits per heavy atom. The van der Waals surface area contributed by atoms with E-state index in [0.29, 0.717) is 33.7 Å². The first-order valence-electron chi connectivity index (χ1n) is 11.8. The molecule has 0 saturated carbocycles. The Morgan fingerprint density at radius 1 is 0.919 bits per heavy atom. The zero-order chi connectivity index (χ0) is 25.6. The van der Waals surface area contributed by atoms with E-state index >= 15 is 0 Å². The molecule has 1 amide bonds. The van der Waals surface area contributed by atoms with E-state index in [1.807, 2.05) is 72.8 Å². The largest absolute Gasteiger partial charge is 0.486 e. The number of hydrogen-bond acceptors (Lipinski definition) is 7. The number of ether oxygens (including phenoxy) is 3. The second kappa shape index (κ2) is 10.8. The van der Waals surface area contributed by atoms with E-state index in [0.717, 1.165) is 5.56 Å². The van der Waals surface area contributed by atoms with Crippen LogP contribution >= 0.6 is 0 Å². The van der Waals surface area contributed by atoms with Gasteiger partial charge in [-0.25, -0.2) is 9.50 Å². The molecule has 0 atom stereocenters. The highest BCUT2D eigenvalue weighted by Crippen LogP contribution is 2.36. The molecular formula is C28H24N4O5. The van der Waals surface area contributed by atoms with Crippen molar-refractivity contribution < 1.29 is 23.8 Å². The molecule has 0 fully saturated rings. The van der Waals surface area contributed by atoms with Crippen molar-refractivity contribution in [3.63, 3.8) is 0 Å². The maximum absolute atomic E-state index is 13.3. The number of carbonyl (C=O) groups excluding carboxylic acids is 2. The summed E-state index contributed by atoms with van der Waals surface area (Å²) in [5.74, 6) is 0.510. The van der Waals surface area contributed by atoms with Crippen LogP contribution in [0.1, 0.15) is 23.0 Å². The molecule has 9 heteroatoms. The third-order valence-electron chi connectivity index (χ3n) is 5.57. The maximum atomic E-state index is 13.3. The third-order valence-corrected chi connectivity index (χ3v) is 5.57. The minimum Gasteiger partial charge on any atom is -0.486 e. The average molecular weight is 497 g/mol. The summed E-state index contributed by atoms with van der Waals surface area (Å²) in [5.41, 5.74) is 1.50. The van der Waals surface area contributed by atoms with Crippen LogP contribution in [-0.4, -0.2) is 39.6 Å². The highest BCUT2D eigenvalue weighted by molar-refractivity contribution is 6.07. The average Bonchev–Trinajstić information content (AvgIpc) is 3.41. The van der Waals surface area contributed by atoms with Crippen LogP contribution in [0, 0.1) is 0 Å². The van der Waals surface area contributed by atoms with Crippen LogP contribution in [0.4, 0.5) is 0 Å². The fraction of sp³-hybridized carbons (Fsp3) is 0.143. The molecule has 1 N–H and O–H groups in total. The standard InChI is InChI=1S/C28H24N4O5/c1-2-35-24(33)16-29-28(34)25-26(36-17-19-9-5-3-6-10-19)22-14-13-21(37-20-11-7-4-8-12-20)15-23(22)27-30-18-31-32(25)27/h3-15,18H,2,16-17H2,1H3,(H,29,34). The first kappa shape index (κ1) is 23.8. The molecule has 0 unspecified atom stereocenters. The Hall–Kier alpha value is -4.92. The van der Waals surface area contributed by atoms with Crippen LogP contribution in [0.5, 0.6) is 17.2 Å². The zero-order valence-corrected chi connectivity index (χ0v) is 20.1. The molecule has 5 rings (SSSR count). The molecule has 9 nitrogen and oxygen atoms in total. The number of nitrogens with zero attached hydrogens (tertiary/aromatic N) is 3. The second-order valence-corrected chi connectivity index (χ2v) is 8.06. The van der Waals surface area contributed by atoms with E-state index in [9.17, 15) is 9.59 Å². The normalized spacial score (nSPS) is 10.8. The van der Waals surface area contributed by atoms with Crippen molar-refractivity contribution in [1.29, 1.82) is 0 Å². The van der Waals surface area contributed by atoms with E-state index in [1.165, 1.54) is 10.8 Å². The van der Waals surface area contributed by atoms with Crippen LogP contribution in [0.3, 0.4) is 0 Å². The Balaban J connectivity index is 1.59. The molecule has 5 aromatic rings. The molecular weight excluding hydrogens is 472 g/mol. The minimum atomic E-state index is -0.543. The van der Waals surface area contributed by atoms with Gasteiger partial charge in [0.1, 0.15) is 31.0 Å². The van der Waals surface area contributed by atoms with Crippen molar-refractivity contribution in [2.75, 3.05) is 13.2 Å². The highest BCUT2D eigenvalue weighted by atomic mass is 16.5. The van der Waals surface area contributed by atoms with E-state index in [4.69, 9.17) is 14.2 Å². The van der Waals surface area contributed by atoms with Gasteiger partial charge in [0, 0.05) is 10.8 Å². The predicted molar refractivity (Wildman–Crippen MR) is 137 cm³/mol. The number of para-hydroxylation sites is 1. The molecule has 186 valence electrons. The van der Waals surface area contributed by atoms with Gasteiger partial charge in [-0.15, -0.1) is 0 Å². The van der Waals surface area contributed by atoms with Gasteiger partial charge in [-0.05, 0) is 42.8 Å². The highest BCUT2D eigenvalue weighted by Gasteiger charge is 2.24. The van der Waals surface area contributed by atoms with Crippen LogP contribution in [0.15, 0.2) is 85.2 Å². The summed E-state index contributed by atoms with van der Waals surface area (Å²) >= 11 is 0. The summed E-state index contributed by atoms with van der Waals surface area (Å²) in [4.78, 5) is 29.6. The van der Waals surface area contributed by atoms with Crippen molar-refractivity contribution in [2.45, 2.75) is 13.5 Å².